The van der Waals surface area contributed by atoms with Gasteiger partial charge in [0.1, 0.15) is 0 Å². The highest BCUT2D eigenvalue weighted by Gasteiger charge is 2.73. The summed E-state index contributed by atoms with van der Waals surface area (Å²) in [6.07, 6.45) is -10.7. The molecule has 5 nitrogen and oxygen atoms in total. The molecule has 3 rings (SSSR count). The van der Waals surface area contributed by atoms with Crippen LogP contribution in [0, 0.1) is 5.92 Å². The van der Waals surface area contributed by atoms with Gasteiger partial charge < -0.3 is 10.1 Å². The van der Waals surface area contributed by atoms with E-state index in [0.717, 1.165) is 12.1 Å². The van der Waals surface area contributed by atoms with E-state index in [4.69, 9.17) is 0 Å². The molecule has 0 aliphatic heterocycles. The molecule has 1 amide bonds. The zero-order valence-electron chi connectivity index (χ0n) is 18.5. The molecule has 1 aliphatic rings. The van der Waals surface area contributed by atoms with Gasteiger partial charge in [-0.15, -0.1) is 0 Å². The minimum atomic E-state index is -5.76. The first-order chi connectivity index (χ1) is 16.2. The number of nitrogens with one attached hydrogen (secondary N) is 1. The van der Waals surface area contributed by atoms with Crippen molar-refractivity contribution in [3.05, 3.63) is 59.7 Å². The fraction of sp³-hybridized carbons (Fsp3) is 0.435. The third-order valence-corrected chi connectivity index (χ3v) is 7.38. The molecule has 2 aromatic carbocycles. The van der Waals surface area contributed by atoms with Crippen molar-refractivity contribution in [1.29, 1.82) is 0 Å². The van der Waals surface area contributed by atoms with Crippen LogP contribution in [-0.2, 0) is 31.4 Å². The largest absolute Gasteiger partial charge is 0.430 e. The van der Waals surface area contributed by atoms with E-state index < -0.39 is 45.9 Å². The molecular formula is C23H23F6NO4S. The quantitative estimate of drug-likeness (QED) is 0.447. The number of sulfone groups is 1. The van der Waals surface area contributed by atoms with Crippen molar-refractivity contribution in [2.24, 2.45) is 5.92 Å². The summed E-state index contributed by atoms with van der Waals surface area (Å²) >= 11 is 0. The monoisotopic (exact) mass is 523 g/mol. The van der Waals surface area contributed by atoms with Gasteiger partial charge in [0.15, 0.2) is 9.84 Å². The minimum absolute atomic E-state index is 0.00984. The first-order valence-electron chi connectivity index (χ1n) is 10.7. The molecule has 0 atom stereocenters. The molecule has 1 aliphatic carbocycles. The van der Waals surface area contributed by atoms with Crippen LogP contribution in [0.5, 0.6) is 0 Å². The Morgan fingerprint density at radius 2 is 1.49 bits per heavy atom. The van der Waals surface area contributed by atoms with Crippen LogP contribution < -0.4 is 5.32 Å². The van der Waals surface area contributed by atoms with Crippen LogP contribution in [0.1, 0.15) is 30.9 Å². The molecule has 1 fully saturated rings. The van der Waals surface area contributed by atoms with Crippen LogP contribution in [0.4, 0.5) is 32.0 Å². The van der Waals surface area contributed by atoms with E-state index in [-0.39, 0.29) is 28.7 Å². The van der Waals surface area contributed by atoms with E-state index in [1.165, 1.54) is 31.2 Å². The summed E-state index contributed by atoms with van der Waals surface area (Å²) in [7, 11) is -3.41. The summed E-state index contributed by atoms with van der Waals surface area (Å²) in [6, 6.07) is 8.75. The number of alkyl halides is 6. The van der Waals surface area contributed by atoms with E-state index in [1.54, 1.807) is 0 Å². The van der Waals surface area contributed by atoms with E-state index >= 15 is 0 Å². The third kappa shape index (κ3) is 5.97. The number of rotatable bonds is 9. The van der Waals surface area contributed by atoms with Crippen LogP contribution in [0.3, 0.4) is 0 Å². The Bertz CT molecular complexity index is 1120. The number of hydrogen-bond donors (Lipinski definition) is 1. The molecule has 0 aromatic heterocycles. The Morgan fingerprint density at radius 1 is 0.943 bits per heavy atom. The van der Waals surface area contributed by atoms with Crippen molar-refractivity contribution >= 4 is 21.4 Å². The van der Waals surface area contributed by atoms with Gasteiger partial charge >= 0.3 is 12.4 Å². The minimum Gasteiger partial charge on any atom is -0.354 e. The predicted molar refractivity (Wildman–Crippen MR) is 115 cm³/mol. The van der Waals surface area contributed by atoms with Crippen LogP contribution in [0.25, 0.3) is 0 Å². The molecule has 0 radical (unpaired) electrons. The number of carbonyl (C=O) groups excluding carboxylic acids is 1. The highest BCUT2D eigenvalue weighted by molar-refractivity contribution is 7.91. The fourth-order valence-electron chi connectivity index (χ4n) is 3.42. The topological polar surface area (TPSA) is 72.5 Å². The number of benzene rings is 2. The Hall–Kier alpha value is -2.60. The van der Waals surface area contributed by atoms with Gasteiger partial charge in [-0.1, -0.05) is 31.2 Å². The lowest BCUT2D eigenvalue weighted by atomic mass is 9.91. The Balaban J connectivity index is 1.75. The van der Waals surface area contributed by atoms with E-state index in [9.17, 15) is 39.6 Å². The molecule has 192 valence electrons. The summed E-state index contributed by atoms with van der Waals surface area (Å²) in [5, 5.41) is 2.40. The van der Waals surface area contributed by atoms with Gasteiger partial charge in [0.25, 0.3) is 5.60 Å². The lowest BCUT2D eigenvalue weighted by Gasteiger charge is -2.37. The zero-order valence-corrected chi connectivity index (χ0v) is 19.4. The number of hydrogen-bond acceptors (Lipinski definition) is 4. The summed E-state index contributed by atoms with van der Waals surface area (Å²) in [4.78, 5) is 12.4. The molecule has 1 saturated carbocycles. The molecule has 2 aromatic rings. The second kappa shape index (κ2) is 9.81. The van der Waals surface area contributed by atoms with Gasteiger partial charge in [0, 0.05) is 11.3 Å². The third-order valence-electron chi connectivity index (χ3n) is 5.63. The fourth-order valence-corrected chi connectivity index (χ4v) is 4.31. The lowest BCUT2D eigenvalue weighted by molar-refractivity contribution is -0.390. The average Bonchev–Trinajstić information content (AvgIpc) is 3.58. The van der Waals surface area contributed by atoms with Crippen molar-refractivity contribution in [2.75, 3.05) is 17.7 Å². The molecule has 0 heterocycles. The molecular weight excluding hydrogens is 500 g/mol. The summed E-state index contributed by atoms with van der Waals surface area (Å²) in [5.74, 6) is -1.01. The van der Waals surface area contributed by atoms with E-state index in [2.05, 4.69) is 10.1 Å². The number of amides is 1. The molecule has 12 heteroatoms. The summed E-state index contributed by atoms with van der Waals surface area (Å²) in [5.41, 5.74) is -5.16. The van der Waals surface area contributed by atoms with E-state index in [0.29, 0.717) is 30.5 Å². The highest BCUT2D eigenvalue weighted by Crippen LogP contribution is 2.53. The number of carbonyl (C=O) groups is 1. The molecule has 0 saturated heterocycles. The number of ether oxygens (including phenoxy) is 1. The zero-order chi connectivity index (χ0) is 26.1. The Labute approximate surface area is 198 Å². The van der Waals surface area contributed by atoms with Crippen LogP contribution >= 0.6 is 0 Å². The normalized spacial score (nSPS) is 15.2. The van der Waals surface area contributed by atoms with E-state index in [1.807, 2.05) is 0 Å². The average molecular weight is 523 g/mol. The molecule has 0 unspecified atom stereocenters. The molecule has 1 N–H and O–H groups in total. The summed E-state index contributed by atoms with van der Waals surface area (Å²) < 4.78 is 111. The Kier molecular flexibility index (Phi) is 7.56. The maximum absolute atomic E-state index is 13.8. The predicted octanol–water partition coefficient (Wildman–Crippen LogP) is 5.41. The lowest BCUT2D eigenvalue weighted by Crippen LogP contribution is -2.56. The number of halogens is 6. The van der Waals surface area contributed by atoms with Crippen molar-refractivity contribution in [3.63, 3.8) is 0 Å². The highest BCUT2D eigenvalue weighted by atomic mass is 32.2. The smallest absolute Gasteiger partial charge is 0.354 e. The number of anilines is 1. The van der Waals surface area contributed by atoms with Gasteiger partial charge in [-0.3, -0.25) is 4.79 Å². The maximum atomic E-state index is 13.8. The van der Waals surface area contributed by atoms with Gasteiger partial charge in [-0.2, -0.15) is 26.3 Å². The SMILES string of the molecule is CCS(=O)(=O)c1ccc(CC(=O)Nc2ccc(C(OCC3CC3)(C(F)(F)F)C(F)(F)F)cc2)cc1. The summed E-state index contributed by atoms with van der Waals surface area (Å²) in [6.45, 7) is 0.824. The Morgan fingerprint density at radius 3 is 1.94 bits per heavy atom. The maximum Gasteiger partial charge on any atom is 0.430 e. The molecule has 35 heavy (non-hydrogen) atoms. The molecule has 0 spiro atoms. The van der Waals surface area contributed by atoms with Gasteiger partial charge in [0.2, 0.25) is 5.91 Å². The van der Waals surface area contributed by atoms with Crippen LogP contribution in [0.15, 0.2) is 53.4 Å². The van der Waals surface area contributed by atoms with Gasteiger partial charge in [0.05, 0.1) is 23.7 Å². The first kappa shape index (κ1) is 27.0. The molecule has 0 bridgehead atoms. The van der Waals surface area contributed by atoms with Gasteiger partial charge in [-0.05, 0) is 48.6 Å². The first-order valence-corrected chi connectivity index (χ1v) is 12.3. The standard InChI is InChI=1S/C23H23F6NO4S/c1-2-35(32,33)19-11-5-15(6-12-19)13-20(31)30-18-9-7-17(8-10-18)21(22(24,25)26,23(27,28)29)34-14-16-3-4-16/h5-12,16H,2-4,13-14H2,1H3,(H,30,31). The van der Waals surface area contributed by atoms with Crippen molar-refractivity contribution < 1.29 is 44.3 Å². The van der Waals surface area contributed by atoms with Gasteiger partial charge in [-0.25, -0.2) is 8.42 Å². The van der Waals surface area contributed by atoms with Crippen molar-refractivity contribution in [2.45, 2.75) is 49.0 Å². The van der Waals surface area contributed by atoms with Crippen LogP contribution in [-0.4, -0.2) is 39.0 Å². The van der Waals surface area contributed by atoms with Crippen molar-refractivity contribution in [1.82, 2.24) is 0 Å². The van der Waals surface area contributed by atoms with Crippen molar-refractivity contribution in [3.8, 4) is 0 Å². The second-order valence-electron chi connectivity index (χ2n) is 8.28. The van der Waals surface area contributed by atoms with Crippen LogP contribution in [0.2, 0.25) is 0 Å². The second-order valence-corrected chi connectivity index (χ2v) is 10.6.